The van der Waals surface area contributed by atoms with E-state index in [9.17, 15) is 9.59 Å². The minimum atomic E-state index is -0.602. The molecule has 0 heterocycles. The van der Waals surface area contributed by atoms with Gasteiger partial charge in [-0.15, -0.1) is 0 Å². The molecule has 0 aliphatic heterocycles. The Labute approximate surface area is 156 Å². The first-order chi connectivity index (χ1) is 12.2. The van der Waals surface area contributed by atoms with E-state index in [0.717, 1.165) is 11.1 Å². The molecule has 2 amide bonds. The second-order valence-electron chi connectivity index (χ2n) is 7.73. The fraction of sp³-hybridized carbons (Fsp3) is 0.364. The first-order valence-corrected chi connectivity index (χ1v) is 8.91. The van der Waals surface area contributed by atoms with E-state index >= 15 is 0 Å². The minimum Gasteiger partial charge on any atom is -0.350 e. The van der Waals surface area contributed by atoms with Crippen molar-refractivity contribution in [1.29, 1.82) is 0 Å². The Bertz CT molecular complexity index is 756. The van der Waals surface area contributed by atoms with Gasteiger partial charge in [0.2, 0.25) is 5.91 Å². The first kappa shape index (κ1) is 19.7. The first-order valence-electron chi connectivity index (χ1n) is 8.91. The molecule has 0 aliphatic rings. The van der Waals surface area contributed by atoms with Gasteiger partial charge in [-0.3, -0.25) is 9.59 Å². The smallest absolute Gasteiger partial charge is 0.251 e. The average Bonchev–Trinajstić information content (AvgIpc) is 2.60. The summed E-state index contributed by atoms with van der Waals surface area (Å²) >= 11 is 0. The van der Waals surface area contributed by atoms with E-state index in [1.807, 2.05) is 43.3 Å². The number of carbonyl (C=O) groups is 2. The normalized spacial score (nSPS) is 12.3. The van der Waals surface area contributed by atoms with Gasteiger partial charge in [-0.05, 0) is 42.5 Å². The molecule has 26 heavy (non-hydrogen) atoms. The summed E-state index contributed by atoms with van der Waals surface area (Å²) < 4.78 is 0. The molecule has 1 unspecified atom stereocenters. The molecule has 2 N–H and O–H groups in total. The van der Waals surface area contributed by atoms with Gasteiger partial charge in [0, 0.05) is 12.1 Å². The van der Waals surface area contributed by atoms with Crippen molar-refractivity contribution in [2.75, 3.05) is 0 Å². The van der Waals surface area contributed by atoms with Crippen LogP contribution in [0.15, 0.2) is 48.5 Å². The van der Waals surface area contributed by atoms with Crippen LogP contribution in [-0.2, 0) is 16.8 Å². The molecular weight excluding hydrogens is 324 g/mol. The third-order valence-corrected chi connectivity index (χ3v) is 4.34. The zero-order valence-electron chi connectivity index (χ0n) is 16.2. The SMILES string of the molecule is Cc1ccc(CNC(=O)C(C)NC(=O)c2ccc(C(C)(C)C)cc2)cc1. The lowest BCUT2D eigenvalue weighted by Gasteiger charge is -2.19. The summed E-state index contributed by atoms with van der Waals surface area (Å²) in [5, 5.41) is 5.60. The van der Waals surface area contributed by atoms with E-state index in [1.54, 1.807) is 19.1 Å². The number of hydrogen-bond acceptors (Lipinski definition) is 2. The van der Waals surface area contributed by atoms with Crippen LogP contribution in [-0.4, -0.2) is 17.9 Å². The van der Waals surface area contributed by atoms with Gasteiger partial charge in [0.15, 0.2) is 0 Å². The molecule has 0 aromatic heterocycles. The van der Waals surface area contributed by atoms with Crippen LogP contribution in [0.3, 0.4) is 0 Å². The number of amides is 2. The van der Waals surface area contributed by atoms with Crippen LogP contribution < -0.4 is 10.6 Å². The molecule has 4 heteroatoms. The Balaban J connectivity index is 1.89. The van der Waals surface area contributed by atoms with E-state index in [-0.39, 0.29) is 17.2 Å². The number of aryl methyl sites for hydroxylation is 1. The highest BCUT2D eigenvalue weighted by molar-refractivity contribution is 5.97. The van der Waals surface area contributed by atoms with Crippen LogP contribution in [0.25, 0.3) is 0 Å². The Morgan fingerprint density at radius 3 is 2.08 bits per heavy atom. The highest BCUT2D eigenvalue weighted by Gasteiger charge is 2.18. The number of carbonyl (C=O) groups excluding carboxylic acids is 2. The fourth-order valence-electron chi connectivity index (χ4n) is 2.52. The van der Waals surface area contributed by atoms with E-state index in [4.69, 9.17) is 0 Å². The summed E-state index contributed by atoms with van der Waals surface area (Å²) in [7, 11) is 0. The average molecular weight is 352 g/mol. The van der Waals surface area contributed by atoms with Gasteiger partial charge in [-0.2, -0.15) is 0 Å². The predicted octanol–water partition coefficient (Wildman–Crippen LogP) is 3.73. The van der Waals surface area contributed by atoms with Crippen LogP contribution in [0.4, 0.5) is 0 Å². The maximum Gasteiger partial charge on any atom is 0.251 e. The molecule has 2 rings (SSSR count). The van der Waals surface area contributed by atoms with Crippen LogP contribution >= 0.6 is 0 Å². The molecule has 0 radical (unpaired) electrons. The maximum absolute atomic E-state index is 12.3. The zero-order chi connectivity index (χ0) is 19.3. The molecule has 0 bridgehead atoms. The highest BCUT2D eigenvalue weighted by atomic mass is 16.2. The summed E-state index contributed by atoms with van der Waals surface area (Å²) in [5.74, 6) is -0.450. The molecule has 0 saturated heterocycles. The van der Waals surface area contributed by atoms with Gasteiger partial charge >= 0.3 is 0 Å². The molecule has 0 fully saturated rings. The van der Waals surface area contributed by atoms with E-state index in [2.05, 4.69) is 31.4 Å². The third-order valence-electron chi connectivity index (χ3n) is 4.34. The highest BCUT2D eigenvalue weighted by Crippen LogP contribution is 2.22. The van der Waals surface area contributed by atoms with Gasteiger partial charge in [0.05, 0.1) is 0 Å². The summed E-state index contributed by atoms with van der Waals surface area (Å²) in [6.07, 6.45) is 0. The third kappa shape index (κ3) is 5.45. The molecule has 0 spiro atoms. The van der Waals surface area contributed by atoms with E-state index in [0.29, 0.717) is 12.1 Å². The van der Waals surface area contributed by atoms with E-state index < -0.39 is 6.04 Å². The lowest BCUT2D eigenvalue weighted by Crippen LogP contribution is -2.44. The maximum atomic E-state index is 12.3. The Morgan fingerprint density at radius 2 is 1.54 bits per heavy atom. The number of hydrogen-bond donors (Lipinski definition) is 2. The summed E-state index contributed by atoms with van der Waals surface area (Å²) in [6, 6.07) is 14.9. The van der Waals surface area contributed by atoms with Crippen LogP contribution in [0.5, 0.6) is 0 Å². The molecule has 2 aromatic rings. The van der Waals surface area contributed by atoms with Crippen LogP contribution in [0.1, 0.15) is 54.7 Å². The molecule has 0 saturated carbocycles. The molecule has 2 aromatic carbocycles. The summed E-state index contributed by atoms with van der Waals surface area (Å²) in [4.78, 5) is 24.6. The molecule has 138 valence electrons. The zero-order valence-corrected chi connectivity index (χ0v) is 16.2. The fourth-order valence-corrected chi connectivity index (χ4v) is 2.52. The standard InChI is InChI=1S/C22H28N2O2/c1-15-6-8-17(9-7-15)14-23-20(25)16(2)24-21(26)18-10-12-19(13-11-18)22(3,4)5/h6-13,16H,14H2,1-5H3,(H,23,25)(H,24,26). The summed E-state index contributed by atoms with van der Waals surface area (Å²) in [5.41, 5.74) is 3.96. The van der Waals surface area contributed by atoms with E-state index in [1.165, 1.54) is 5.56 Å². The van der Waals surface area contributed by atoms with Gasteiger partial charge in [0.1, 0.15) is 6.04 Å². The van der Waals surface area contributed by atoms with Crippen molar-refractivity contribution in [2.45, 2.75) is 52.6 Å². The van der Waals surface area contributed by atoms with Gasteiger partial charge in [-0.25, -0.2) is 0 Å². The molecule has 1 atom stereocenters. The van der Waals surface area contributed by atoms with Gasteiger partial charge in [-0.1, -0.05) is 62.7 Å². The molecular formula is C22H28N2O2. The minimum absolute atomic E-state index is 0.0398. The summed E-state index contributed by atoms with van der Waals surface area (Å²) in [6.45, 7) is 10.5. The monoisotopic (exact) mass is 352 g/mol. The van der Waals surface area contributed by atoms with Crippen molar-refractivity contribution in [2.24, 2.45) is 0 Å². The second kappa shape index (κ2) is 8.17. The topological polar surface area (TPSA) is 58.2 Å². The van der Waals surface area contributed by atoms with Gasteiger partial charge in [0.25, 0.3) is 5.91 Å². The number of nitrogens with one attached hydrogen (secondary N) is 2. The molecule has 0 aliphatic carbocycles. The second-order valence-corrected chi connectivity index (χ2v) is 7.73. The molecule has 4 nitrogen and oxygen atoms in total. The van der Waals surface area contributed by atoms with Crippen molar-refractivity contribution in [1.82, 2.24) is 10.6 Å². The quantitative estimate of drug-likeness (QED) is 0.861. The van der Waals surface area contributed by atoms with Crippen molar-refractivity contribution < 1.29 is 9.59 Å². The lowest BCUT2D eigenvalue weighted by atomic mass is 9.86. The predicted molar refractivity (Wildman–Crippen MR) is 105 cm³/mol. The van der Waals surface area contributed by atoms with Crippen molar-refractivity contribution in [3.63, 3.8) is 0 Å². The Morgan fingerprint density at radius 1 is 0.962 bits per heavy atom. The lowest BCUT2D eigenvalue weighted by molar-refractivity contribution is -0.122. The Hall–Kier alpha value is -2.62. The largest absolute Gasteiger partial charge is 0.350 e. The van der Waals surface area contributed by atoms with Gasteiger partial charge < -0.3 is 10.6 Å². The number of benzene rings is 2. The van der Waals surface area contributed by atoms with Crippen LogP contribution in [0, 0.1) is 6.92 Å². The van der Waals surface area contributed by atoms with Crippen molar-refractivity contribution in [3.8, 4) is 0 Å². The van der Waals surface area contributed by atoms with Crippen molar-refractivity contribution >= 4 is 11.8 Å². The Kier molecular flexibility index (Phi) is 6.19. The van der Waals surface area contributed by atoms with Crippen molar-refractivity contribution in [3.05, 3.63) is 70.8 Å². The number of rotatable bonds is 5. The van der Waals surface area contributed by atoms with Crippen LogP contribution in [0.2, 0.25) is 0 Å².